The van der Waals surface area contributed by atoms with E-state index in [1.54, 1.807) is 6.08 Å². The minimum absolute atomic E-state index is 0.0252. The third kappa shape index (κ3) is 4.52. The summed E-state index contributed by atoms with van der Waals surface area (Å²) in [4.78, 5) is 12.4. The minimum atomic E-state index is -0.202. The SMILES string of the molecule is CC1(C)C(C=C(Cl)Cl)C1C(=O)OCC1=CC(Oc2ccccc2)=CCC1. The van der Waals surface area contributed by atoms with Crippen LogP contribution in [0.5, 0.6) is 5.75 Å². The van der Waals surface area contributed by atoms with Gasteiger partial charge in [0.15, 0.2) is 0 Å². The molecule has 2 atom stereocenters. The third-order valence-electron chi connectivity index (χ3n) is 5.01. The first-order valence-corrected chi connectivity index (χ1v) is 9.45. The first-order chi connectivity index (χ1) is 12.4. The maximum atomic E-state index is 12.4. The van der Waals surface area contributed by atoms with E-state index in [0.29, 0.717) is 0 Å². The number of carbonyl (C=O) groups excluding carboxylic acids is 1. The molecule has 1 saturated carbocycles. The second kappa shape index (κ2) is 7.89. The number of carbonyl (C=O) groups is 1. The number of halogens is 2. The molecular formula is C21H22Cl2O3. The largest absolute Gasteiger partial charge is 0.461 e. The van der Waals surface area contributed by atoms with Crippen molar-refractivity contribution in [1.29, 1.82) is 0 Å². The molecule has 0 radical (unpaired) electrons. The summed E-state index contributed by atoms with van der Waals surface area (Å²) in [6.45, 7) is 4.32. The van der Waals surface area contributed by atoms with Gasteiger partial charge in [-0.3, -0.25) is 4.79 Å². The zero-order valence-corrected chi connectivity index (χ0v) is 16.4. The molecule has 0 saturated heterocycles. The molecule has 0 bridgehead atoms. The van der Waals surface area contributed by atoms with E-state index in [2.05, 4.69) is 0 Å². The van der Waals surface area contributed by atoms with Crippen molar-refractivity contribution in [1.82, 2.24) is 0 Å². The molecule has 5 heteroatoms. The molecule has 0 N–H and O–H groups in total. The predicted octanol–water partition coefficient (Wildman–Crippen LogP) is 5.80. The highest BCUT2D eigenvalue weighted by Gasteiger charge is 2.61. The molecule has 2 unspecified atom stereocenters. The summed E-state index contributed by atoms with van der Waals surface area (Å²) in [5.41, 5.74) is 0.877. The number of benzene rings is 1. The van der Waals surface area contributed by atoms with Gasteiger partial charge in [0.2, 0.25) is 0 Å². The molecule has 3 rings (SSSR count). The molecule has 2 aliphatic rings. The van der Waals surface area contributed by atoms with Crippen molar-refractivity contribution in [3.05, 3.63) is 64.4 Å². The Labute approximate surface area is 164 Å². The zero-order chi connectivity index (χ0) is 18.7. The molecule has 1 aromatic carbocycles. The lowest BCUT2D eigenvalue weighted by molar-refractivity contribution is -0.145. The van der Waals surface area contributed by atoms with E-state index in [-0.39, 0.29) is 34.3 Å². The minimum Gasteiger partial charge on any atom is -0.461 e. The van der Waals surface area contributed by atoms with Crippen LogP contribution in [0.1, 0.15) is 26.7 Å². The number of allylic oxidation sites excluding steroid dienone is 3. The van der Waals surface area contributed by atoms with Crippen LogP contribution in [-0.4, -0.2) is 12.6 Å². The molecule has 0 amide bonds. The van der Waals surface area contributed by atoms with Crippen LogP contribution in [0.15, 0.2) is 64.4 Å². The van der Waals surface area contributed by atoms with Crippen LogP contribution in [0.25, 0.3) is 0 Å². The number of hydrogen-bond acceptors (Lipinski definition) is 3. The lowest BCUT2D eigenvalue weighted by atomic mass is 10.0. The zero-order valence-electron chi connectivity index (χ0n) is 14.9. The summed E-state index contributed by atoms with van der Waals surface area (Å²) in [5, 5.41) is 0. The Kier molecular flexibility index (Phi) is 5.79. The van der Waals surface area contributed by atoms with E-state index in [0.717, 1.165) is 29.9 Å². The summed E-state index contributed by atoms with van der Waals surface area (Å²) in [6.07, 6.45) is 7.46. The normalized spacial score (nSPS) is 23.4. The van der Waals surface area contributed by atoms with Gasteiger partial charge in [-0.2, -0.15) is 0 Å². The summed E-state index contributed by atoms with van der Waals surface area (Å²) < 4.78 is 11.6. The van der Waals surface area contributed by atoms with E-state index in [1.807, 2.05) is 56.3 Å². The summed E-state index contributed by atoms with van der Waals surface area (Å²) >= 11 is 11.5. The molecule has 0 heterocycles. The van der Waals surface area contributed by atoms with Gasteiger partial charge < -0.3 is 9.47 Å². The Morgan fingerprint density at radius 3 is 2.69 bits per heavy atom. The average Bonchev–Trinajstić information content (AvgIpc) is 3.13. The van der Waals surface area contributed by atoms with Gasteiger partial charge in [0.25, 0.3) is 0 Å². The Morgan fingerprint density at radius 1 is 1.27 bits per heavy atom. The van der Waals surface area contributed by atoms with Gasteiger partial charge >= 0.3 is 5.97 Å². The first kappa shape index (κ1) is 19.1. The van der Waals surface area contributed by atoms with Crippen molar-refractivity contribution in [2.75, 3.05) is 6.61 Å². The number of esters is 1. The fraction of sp³-hybridized carbons (Fsp3) is 0.381. The molecular weight excluding hydrogens is 371 g/mol. The molecule has 3 nitrogen and oxygen atoms in total. The molecule has 26 heavy (non-hydrogen) atoms. The Hall–Kier alpha value is -1.71. The molecule has 0 spiro atoms. The van der Waals surface area contributed by atoms with Crippen molar-refractivity contribution in [2.45, 2.75) is 26.7 Å². The van der Waals surface area contributed by atoms with Gasteiger partial charge in [-0.1, -0.05) is 55.2 Å². The fourth-order valence-electron chi connectivity index (χ4n) is 3.37. The van der Waals surface area contributed by atoms with Crippen LogP contribution in [0.4, 0.5) is 0 Å². The lowest BCUT2D eigenvalue weighted by Gasteiger charge is -2.15. The highest BCUT2D eigenvalue weighted by Crippen LogP contribution is 2.60. The highest BCUT2D eigenvalue weighted by atomic mass is 35.5. The smallest absolute Gasteiger partial charge is 0.310 e. The molecule has 138 valence electrons. The van der Waals surface area contributed by atoms with Gasteiger partial charge in [-0.25, -0.2) is 0 Å². The highest BCUT2D eigenvalue weighted by molar-refractivity contribution is 6.55. The number of ether oxygens (including phenoxy) is 2. The van der Waals surface area contributed by atoms with Crippen LogP contribution in [-0.2, 0) is 9.53 Å². The van der Waals surface area contributed by atoms with Gasteiger partial charge in [0.05, 0.1) is 5.92 Å². The van der Waals surface area contributed by atoms with E-state index >= 15 is 0 Å². The quantitative estimate of drug-likeness (QED) is 0.573. The Morgan fingerprint density at radius 2 is 2.00 bits per heavy atom. The Balaban J connectivity index is 1.55. The van der Waals surface area contributed by atoms with Crippen molar-refractivity contribution in [2.24, 2.45) is 17.3 Å². The third-order valence-corrected chi connectivity index (χ3v) is 5.26. The number of hydrogen-bond donors (Lipinski definition) is 0. The second-order valence-corrected chi connectivity index (χ2v) is 8.26. The van der Waals surface area contributed by atoms with Crippen molar-refractivity contribution < 1.29 is 14.3 Å². The molecule has 1 aromatic rings. The van der Waals surface area contributed by atoms with Gasteiger partial charge in [-0.05, 0) is 60.1 Å². The molecule has 2 aliphatic carbocycles. The molecule has 0 aromatic heterocycles. The fourth-order valence-corrected chi connectivity index (χ4v) is 3.64. The van der Waals surface area contributed by atoms with Crippen LogP contribution in [0, 0.1) is 17.3 Å². The van der Waals surface area contributed by atoms with Gasteiger partial charge in [0, 0.05) is 0 Å². The lowest BCUT2D eigenvalue weighted by Crippen LogP contribution is -2.14. The van der Waals surface area contributed by atoms with Crippen molar-refractivity contribution >= 4 is 29.2 Å². The topological polar surface area (TPSA) is 35.5 Å². The van der Waals surface area contributed by atoms with E-state index in [1.165, 1.54) is 0 Å². The van der Waals surface area contributed by atoms with Crippen LogP contribution in [0.3, 0.4) is 0 Å². The predicted molar refractivity (Wildman–Crippen MR) is 104 cm³/mol. The van der Waals surface area contributed by atoms with Crippen molar-refractivity contribution in [3.8, 4) is 5.75 Å². The van der Waals surface area contributed by atoms with E-state index < -0.39 is 0 Å². The number of para-hydroxylation sites is 1. The maximum Gasteiger partial charge on any atom is 0.310 e. The van der Waals surface area contributed by atoms with Crippen molar-refractivity contribution in [3.63, 3.8) is 0 Å². The monoisotopic (exact) mass is 392 g/mol. The molecule has 1 fully saturated rings. The van der Waals surface area contributed by atoms with Gasteiger partial charge in [-0.15, -0.1) is 0 Å². The van der Waals surface area contributed by atoms with Crippen LogP contribution < -0.4 is 4.74 Å². The summed E-state index contributed by atoms with van der Waals surface area (Å²) in [7, 11) is 0. The summed E-state index contributed by atoms with van der Waals surface area (Å²) in [6, 6.07) is 9.63. The number of rotatable bonds is 6. The maximum absolute atomic E-state index is 12.4. The van der Waals surface area contributed by atoms with Gasteiger partial charge in [0.1, 0.15) is 22.6 Å². The van der Waals surface area contributed by atoms with E-state index in [4.69, 9.17) is 32.7 Å². The van der Waals surface area contributed by atoms with Crippen LogP contribution in [0.2, 0.25) is 0 Å². The molecule has 0 aliphatic heterocycles. The Bertz CT molecular complexity index is 759. The second-order valence-electron chi connectivity index (χ2n) is 7.25. The standard InChI is InChI=1S/C21H22Cl2O3/c1-21(2)17(12-18(22)23)19(21)20(24)25-13-14-7-6-10-16(11-14)26-15-8-4-3-5-9-15/h3-5,8-12,17,19H,6-7,13H2,1-2H3. The van der Waals surface area contributed by atoms with E-state index in [9.17, 15) is 4.79 Å². The summed E-state index contributed by atoms with van der Waals surface area (Å²) in [5.74, 6) is 1.20. The first-order valence-electron chi connectivity index (χ1n) is 8.70. The van der Waals surface area contributed by atoms with Crippen LogP contribution >= 0.6 is 23.2 Å². The average molecular weight is 393 g/mol.